The minimum Gasteiger partial charge on any atom is -0.300 e. The van der Waals surface area contributed by atoms with Gasteiger partial charge in [0, 0.05) is 24.7 Å². The number of Topliss-reactive ketones (excluding diaryl/α,β-unsaturated/α-hetero) is 1. The molecule has 0 aliphatic heterocycles. The monoisotopic (exact) mass is 178 g/mol. The molecule has 0 aromatic carbocycles. The molecule has 0 aliphatic rings. The molecule has 1 aromatic rings. The Morgan fingerprint density at radius 2 is 2.08 bits per heavy atom. The van der Waals surface area contributed by atoms with Crippen molar-refractivity contribution in [1.82, 2.24) is 9.97 Å². The lowest BCUT2D eigenvalue weighted by atomic mass is 9.98. The second-order valence-corrected chi connectivity index (χ2v) is 3.08. The molecule has 0 fully saturated rings. The minimum absolute atomic E-state index is 0.0717. The van der Waals surface area contributed by atoms with Crippen LogP contribution in [0.4, 0.5) is 0 Å². The lowest BCUT2D eigenvalue weighted by Crippen LogP contribution is -2.14. The highest BCUT2D eigenvalue weighted by atomic mass is 16.1. The number of nitrogens with zero attached hydrogens (tertiary/aromatic N) is 2. The molecular weight excluding hydrogens is 164 g/mol. The summed E-state index contributed by atoms with van der Waals surface area (Å²) in [7, 11) is 0. The quantitative estimate of drug-likeness (QED) is 0.703. The van der Waals surface area contributed by atoms with Gasteiger partial charge < -0.3 is 0 Å². The molecule has 0 N–H and O–H groups in total. The molecule has 0 saturated carbocycles. The largest absolute Gasteiger partial charge is 0.300 e. The van der Waals surface area contributed by atoms with E-state index in [0.717, 1.165) is 12.2 Å². The van der Waals surface area contributed by atoms with Gasteiger partial charge in [0.1, 0.15) is 11.6 Å². The molecule has 0 aliphatic carbocycles. The molecule has 1 unspecified atom stereocenters. The van der Waals surface area contributed by atoms with Crippen molar-refractivity contribution in [3.8, 4) is 0 Å². The Balaban J connectivity index is 2.62. The summed E-state index contributed by atoms with van der Waals surface area (Å²) in [6.07, 6.45) is 4.92. The fourth-order valence-electron chi connectivity index (χ4n) is 1.23. The van der Waals surface area contributed by atoms with Crippen LogP contribution in [-0.4, -0.2) is 15.8 Å². The number of carbonyl (C=O) groups is 1. The smallest absolute Gasteiger partial charge is 0.133 e. The zero-order valence-corrected chi connectivity index (χ0v) is 8.03. The Labute approximate surface area is 78.2 Å². The van der Waals surface area contributed by atoms with Crippen LogP contribution in [0.15, 0.2) is 18.5 Å². The third-order valence-electron chi connectivity index (χ3n) is 2.12. The Kier molecular flexibility index (Phi) is 3.55. The molecule has 1 heterocycles. The van der Waals surface area contributed by atoms with Crippen LogP contribution in [0.2, 0.25) is 0 Å². The first-order valence-electron chi connectivity index (χ1n) is 4.50. The van der Waals surface area contributed by atoms with Gasteiger partial charge in [-0.3, -0.25) is 4.79 Å². The predicted molar refractivity (Wildman–Crippen MR) is 50.2 cm³/mol. The van der Waals surface area contributed by atoms with E-state index in [1.54, 1.807) is 25.4 Å². The van der Waals surface area contributed by atoms with Crippen LogP contribution in [-0.2, 0) is 11.2 Å². The molecule has 13 heavy (non-hydrogen) atoms. The van der Waals surface area contributed by atoms with E-state index < -0.39 is 0 Å². The first kappa shape index (κ1) is 9.84. The van der Waals surface area contributed by atoms with Crippen LogP contribution in [0.5, 0.6) is 0 Å². The summed E-state index contributed by atoms with van der Waals surface area (Å²) in [4.78, 5) is 19.3. The van der Waals surface area contributed by atoms with Gasteiger partial charge >= 0.3 is 0 Å². The van der Waals surface area contributed by atoms with E-state index in [1.807, 2.05) is 6.92 Å². The van der Waals surface area contributed by atoms with E-state index in [9.17, 15) is 4.79 Å². The van der Waals surface area contributed by atoms with Crippen molar-refractivity contribution in [3.63, 3.8) is 0 Å². The Hall–Kier alpha value is -1.25. The van der Waals surface area contributed by atoms with Crippen LogP contribution in [0.1, 0.15) is 26.1 Å². The highest BCUT2D eigenvalue weighted by molar-refractivity contribution is 5.78. The fraction of sp³-hybridized carbons (Fsp3) is 0.500. The third-order valence-corrected chi connectivity index (χ3v) is 2.12. The van der Waals surface area contributed by atoms with Crippen molar-refractivity contribution in [3.05, 3.63) is 24.3 Å². The Bertz CT molecular complexity index is 272. The molecule has 0 amide bonds. The number of rotatable bonds is 4. The van der Waals surface area contributed by atoms with E-state index in [-0.39, 0.29) is 11.7 Å². The Morgan fingerprint density at radius 1 is 1.46 bits per heavy atom. The van der Waals surface area contributed by atoms with Gasteiger partial charge in [-0.2, -0.15) is 0 Å². The van der Waals surface area contributed by atoms with Gasteiger partial charge in [0.05, 0.1) is 0 Å². The van der Waals surface area contributed by atoms with Crippen LogP contribution in [0, 0.1) is 5.92 Å². The highest BCUT2D eigenvalue weighted by Gasteiger charge is 2.13. The number of carbonyl (C=O) groups excluding carboxylic acids is 1. The van der Waals surface area contributed by atoms with E-state index in [2.05, 4.69) is 9.97 Å². The Morgan fingerprint density at radius 3 is 2.54 bits per heavy atom. The van der Waals surface area contributed by atoms with Gasteiger partial charge in [-0.15, -0.1) is 0 Å². The molecule has 3 heteroatoms. The van der Waals surface area contributed by atoms with E-state index >= 15 is 0 Å². The van der Waals surface area contributed by atoms with Crippen molar-refractivity contribution in [2.24, 2.45) is 5.92 Å². The topological polar surface area (TPSA) is 42.9 Å². The van der Waals surface area contributed by atoms with Gasteiger partial charge in [0.15, 0.2) is 0 Å². The van der Waals surface area contributed by atoms with Gasteiger partial charge in [0.2, 0.25) is 0 Å². The maximum Gasteiger partial charge on any atom is 0.133 e. The first-order valence-corrected chi connectivity index (χ1v) is 4.50. The van der Waals surface area contributed by atoms with Crippen LogP contribution >= 0.6 is 0 Å². The van der Waals surface area contributed by atoms with Gasteiger partial charge in [-0.25, -0.2) is 9.97 Å². The zero-order valence-electron chi connectivity index (χ0n) is 8.03. The molecule has 1 rings (SSSR count). The summed E-state index contributed by atoms with van der Waals surface area (Å²) >= 11 is 0. The molecule has 70 valence electrons. The summed E-state index contributed by atoms with van der Waals surface area (Å²) in [6, 6.07) is 1.78. The van der Waals surface area contributed by atoms with Crippen LogP contribution < -0.4 is 0 Å². The molecular formula is C10H14N2O. The standard InChI is InChI=1S/C10H14N2O/c1-3-9(8(2)13)7-10-11-5-4-6-12-10/h4-6,9H,3,7H2,1-2H3. The van der Waals surface area contributed by atoms with Crippen molar-refractivity contribution in [2.75, 3.05) is 0 Å². The van der Waals surface area contributed by atoms with E-state index in [0.29, 0.717) is 6.42 Å². The fourth-order valence-corrected chi connectivity index (χ4v) is 1.23. The van der Waals surface area contributed by atoms with Crippen molar-refractivity contribution < 1.29 is 4.79 Å². The summed E-state index contributed by atoms with van der Waals surface area (Å²) in [5.74, 6) is 1.04. The minimum atomic E-state index is 0.0717. The number of hydrogen-bond acceptors (Lipinski definition) is 3. The van der Waals surface area contributed by atoms with Gasteiger partial charge in [-0.1, -0.05) is 6.92 Å². The van der Waals surface area contributed by atoms with Crippen LogP contribution in [0.3, 0.4) is 0 Å². The molecule has 0 spiro atoms. The summed E-state index contributed by atoms with van der Waals surface area (Å²) in [5, 5.41) is 0. The second-order valence-electron chi connectivity index (χ2n) is 3.08. The average Bonchev–Trinajstić information content (AvgIpc) is 2.15. The first-order chi connectivity index (χ1) is 6.24. The molecule has 3 nitrogen and oxygen atoms in total. The van der Waals surface area contributed by atoms with Gasteiger partial charge in [-0.05, 0) is 19.4 Å². The van der Waals surface area contributed by atoms with Gasteiger partial charge in [0.25, 0.3) is 0 Å². The highest BCUT2D eigenvalue weighted by Crippen LogP contribution is 2.09. The van der Waals surface area contributed by atoms with E-state index in [4.69, 9.17) is 0 Å². The predicted octanol–water partition coefficient (Wildman–Crippen LogP) is 1.63. The average molecular weight is 178 g/mol. The lowest BCUT2D eigenvalue weighted by molar-refractivity contribution is -0.120. The normalized spacial score (nSPS) is 12.5. The maximum absolute atomic E-state index is 11.1. The zero-order chi connectivity index (χ0) is 9.68. The molecule has 0 radical (unpaired) electrons. The number of aromatic nitrogens is 2. The molecule has 1 aromatic heterocycles. The van der Waals surface area contributed by atoms with Crippen molar-refractivity contribution in [2.45, 2.75) is 26.7 Å². The third kappa shape index (κ3) is 2.93. The van der Waals surface area contributed by atoms with Crippen molar-refractivity contribution in [1.29, 1.82) is 0 Å². The van der Waals surface area contributed by atoms with Crippen molar-refractivity contribution >= 4 is 5.78 Å². The summed E-state index contributed by atoms with van der Waals surface area (Å²) in [5.41, 5.74) is 0. The summed E-state index contributed by atoms with van der Waals surface area (Å²) < 4.78 is 0. The lowest BCUT2D eigenvalue weighted by Gasteiger charge is -2.08. The van der Waals surface area contributed by atoms with Crippen LogP contribution in [0.25, 0.3) is 0 Å². The maximum atomic E-state index is 11.1. The molecule has 1 atom stereocenters. The number of hydrogen-bond donors (Lipinski definition) is 0. The van der Waals surface area contributed by atoms with E-state index in [1.165, 1.54) is 0 Å². The number of ketones is 1. The molecule has 0 saturated heterocycles. The second kappa shape index (κ2) is 4.70. The molecule has 0 bridgehead atoms. The summed E-state index contributed by atoms with van der Waals surface area (Å²) in [6.45, 7) is 3.63. The SMILES string of the molecule is CCC(Cc1ncccn1)C(C)=O.